The number of rotatable bonds is 6. The maximum Gasteiger partial charge on any atom is 0.164 e. The summed E-state index contributed by atoms with van der Waals surface area (Å²) >= 11 is 0. The molecule has 5 nitrogen and oxygen atoms in total. The van der Waals surface area contributed by atoms with Gasteiger partial charge in [-0.1, -0.05) is 159 Å². The molecule has 0 unspecified atom stereocenters. The second kappa shape index (κ2) is 14.3. The van der Waals surface area contributed by atoms with Crippen molar-refractivity contribution in [1.29, 1.82) is 0 Å². The van der Waals surface area contributed by atoms with Crippen molar-refractivity contribution in [2.24, 2.45) is 0 Å². The molecule has 12 aromatic rings. The Morgan fingerprint density at radius 3 is 1.85 bits per heavy atom. The third kappa shape index (κ3) is 5.82. The van der Waals surface area contributed by atoms with Gasteiger partial charge in [0.15, 0.2) is 17.5 Å². The van der Waals surface area contributed by atoms with Crippen LogP contribution >= 0.6 is 0 Å². The van der Waals surface area contributed by atoms with Crippen LogP contribution in [0, 0.1) is 0 Å². The third-order valence-electron chi connectivity index (χ3n) is 13.5. The summed E-state index contributed by atoms with van der Waals surface area (Å²) in [4.78, 5) is 16.1. The topological polar surface area (TPSA) is 56.7 Å². The van der Waals surface area contributed by atoms with Crippen molar-refractivity contribution in [3.05, 3.63) is 217 Å². The Hall–Kier alpha value is -8.41. The molecule has 65 heavy (non-hydrogen) atoms. The van der Waals surface area contributed by atoms with Gasteiger partial charge in [0.05, 0.1) is 11.0 Å². The van der Waals surface area contributed by atoms with E-state index in [1.54, 1.807) is 0 Å². The minimum atomic E-state index is -0.170. The molecule has 0 saturated heterocycles. The van der Waals surface area contributed by atoms with Crippen LogP contribution in [0.25, 0.3) is 117 Å². The Bertz CT molecular complexity index is 3860. The molecule has 1 aliphatic carbocycles. The summed E-state index contributed by atoms with van der Waals surface area (Å²) in [5.41, 5.74) is 17.2. The summed E-state index contributed by atoms with van der Waals surface area (Å²) in [5, 5.41) is 4.53. The van der Waals surface area contributed by atoms with Crippen LogP contribution in [0.5, 0.6) is 0 Å². The van der Waals surface area contributed by atoms with E-state index in [-0.39, 0.29) is 5.41 Å². The van der Waals surface area contributed by atoms with Crippen LogP contribution in [0.15, 0.2) is 211 Å². The second-order valence-corrected chi connectivity index (χ2v) is 17.6. The summed E-state index contributed by atoms with van der Waals surface area (Å²) < 4.78 is 8.88. The number of hydrogen-bond acceptors (Lipinski definition) is 4. The Morgan fingerprint density at radius 2 is 0.985 bits per heavy atom. The largest absolute Gasteiger partial charge is 0.456 e. The van der Waals surface area contributed by atoms with Gasteiger partial charge in [0, 0.05) is 49.3 Å². The zero-order valence-corrected chi connectivity index (χ0v) is 35.8. The van der Waals surface area contributed by atoms with Crippen molar-refractivity contribution < 1.29 is 4.42 Å². The Labute approximate surface area is 376 Å². The molecular formula is C60H40N4O. The highest BCUT2D eigenvalue weighted by molar-refractivity contribution is 6.13. The number of hydrogen-bond donors (Lipinski definition) is 0. The first kappa shape index (κ1) is 37.2. The Morgan fingerprint density at radius 1 is 0.385 bits per heavy atom. The number of aromatic nitrogens is 4. The predicted octanol–water partition coefficient (Wildman–Crippen LogP) is 15.5. The molecule has 0 spiro atoms. The van der Waals surface area contributed by atoms with Crippen LogP contribution in [-0.2, 0) is 5.41 Å². The Kier molecular flexibility index (Phi) is 8.18. The molecule has 9 aromatic carbocycles. The lowest BCUT2D eigenvalue weighted by molar-refractivity contribution is 0.660. The molecule has 3 heterocycles. The van der Waals surface area contributed by atoms with Gasteiger partial charge in [-0.25, -0.2) is 15.0 Å². The highest BCUT2D eigenvalue weighted by Gasteiger charge is 2.37. The number of furan rings is 1. The van der Waals surface area contributed by atoms with Gasteiger partial charge >= 0.3 is 0 Å². The van der Waals surface area contributed by atoms with E-state index in [0.29, 0.717) is 17.5 Å². The first-order valence-electron chi connectivity index (χ1n) is 22.2. The number of nitrogens with zero attached hydrogens (tertiary/aromatic N) is 4. The summed E-state index contributed by atoms with van der Waals surface area (Å²) in [6.45, 7) is 4.62. The molecule has 0 atom stereocenters. The van der Waals surface area contributed by atoms with Gasteiger partial charge in [-0.15, -0.1) is 0 Å². The van der Waals surface area contributed by atoms with E-state index in [2.05, 4.69) is 225 Å². The van der Waals surface area contributed by atoms with Crippen molar-refractivity contribution >= 4 is 43.7 Å². The quantitative estimate of drug-likeness (QED) is 0.167. The molecule has 0 radical (unpaired) electrons. The smallest absolute Gasteiger partial charge is 0.164 e. The van der Waals surface area contributed by atoms with Crippen molar-refractivity contribution in [3.63, 3.8) is 0 Å². The Balaban J connectivity index is 0.987. The molecule has 306 valence electrons. The molecule has 13 rings (SSSR count). The maximum atomic E-state index is 6.55. The van der Waals surface area contributed by atoms with Crippen molar-refractivity contribution in [2.45, 2.75) is 19.3 Å². The lowest BCUT2D eigenvalue weighted by Crippen LogP contribution is -2.14. The van der Waals surface area contributed by atoms with Gasteiger partial charge in [0.2, 0.25) is 0 Å². The summed E-state index contributed by atoms with van der Waals surface area (Å²) in [6, 6.07) is 72.9. The van der Waals surface area contributed by atoms with E-state index in [9.17, 15) is 0 Å². The van der Waals surface area contributed by atoms with E-state index >= 15 is 0 Å². The number of para-hydroxylation sites is 2. The second-order valence-electron chi connectivity index (χ2n) is 17.6. The molecule has 0 N–H and O–H groups in total. The molecule has 0 fully saturated rings. The molecule has 3 aromatic heterocycles. The first-order chi connectivity index (χ1) is 32.0. The number of benzene rings is 9. The van der Waals surface area contributed by atoms with Gasteiger partial charge in [0.25, 0.3) is 0 Å². The van der Waals surface area contributed by atoms with E-state index in [0.717, 1.165) is 77.4 Å². The SMILES string of the molecule is CC1(C)c2ccccc2-c2c(-c3nc(-c4cccc(-c5ccc6c(c5)oc5cccc(-c7ccccc7)c56)c4)nc(-c4ccc5c(c4)c4ccccc4n5-c4ccccc4)n3)cccc21. The third-order valence-corrected chi connectivity index (χ3v) is 13.5. The van der Waals surface area contributed by atoms with Crippen molar-refractivity contribution in [3.8, 4) is 73.2 Å². The first-order valence-corrected chi connectivity index (χ1v) is 22.2. The fourth-order valence-electron chi connectivity index (χ4n) is 10.4. The molecule has 5 heteroatoms. The fraction of sp³-hybridized carbons (Fsp3) is 0.0500. The summed E-state index contributed by atoms with van der Waals surface area (Å²) in [5.74, 6) is 1.87. The maximum absolute atomic E-state index is 6.55. The van der Waals surface area contributed by atoms with Crippen molar-refractivity contribution in [2.75, 3.05) is 0 Å². The van der Waals surface area contributed by atoms with E-state index in [1.165, 1.54) is 33.2 Å². The molecule has 0 saturated carbocycles. The molecule has 0 amide bonds. The van der Waals surface area contributed by atoms with Crippen LogP contribution < -0.4 is 0 Å². The van der Waals surface area contributed by atoms with E-state index in [1.807, 2.05) is 0 Å². The monoisotopic (exact) mass is 832 g/mol. The average molecular weight is 833 g/mol. The lowest BCUT2D eigenvalue weighted by atomic mass is 9.82. The van der Waals surface area contributed by atoms with Crippen LogP contribution in [0.4, 0.5) is 0 Å². The predicted molar refractivity (Wildman–Crippen MR) is 266 cm³/mol. The summed E-state index contributed by atoms with van der Waals surface area (Å²) in [7, 11) is 0. The standard InChI is InChI=1S/C60H40N4O/c1-60(2)49-26-11-9-23-45(49)55-47(25-14-27-50(55)60)59-62-57(61-58(63-59)41-31-33-52-48(35-41)44-22-10-12-28-51(44)64(52)42-20-7-4-8-21-42)40-19-13-18-38(34-40)39-30-32-46-54(36-39)65-53-29-15-24-43(56(46)53)37-16-5-3-6-17-37/h3-36H,1-2H3. The van der Waals surface area contributed by atoms with Gasteiger partial charge < -0.3 is 8.98 Å². The van der Waals surface area contributed by atoms with Crippen LogP contribution in [-0.4, -0.2) is 19.5 Å². The van der Waals surface area contributed by atoms with Gasteiger partial charge in [-0.2, -0.15) is 0 Å². The minimum Gasteiger partial charge on any atom is -0.456 e. The minimum absolute atomic E-state index is 0.170. The molecular weight excluding hydrogens is 793 g/mol. The van der Waals surface area contributed by atoms with E-state index < -0.39 is 0 Å². The van der Waals surface area contributed by atoms with Crippen molar-refractivity contribution in [1.82, 2.24) is 19.5 Å². The summed E-state index contributed by atoms with van der Waals surface area (Å²) in [6.07, 6.45) is 0. The lowest BCUT2D eigenvalue weighted by Gasteiger charge is -2.21. The highest BCUT2D eigenvalue weighted by Crippen LogP contribution is 2.52. The van der Waals surface area contributed by atoms with E-state index in [4.69, 9.17) is 19.4 Å². The average Bonchev–Trinajstić information content (AvgIpc) is 3.99. The van der Waals surface area contributed by atoms with Crippen LogP contribution in [0.3, 0.4) is 0 Å². The normalized spacial score (nSPS) is 12.9. The zero-order chi connectivity index (χ0) is 43.2. The molecule has 0 aliphatic heterocycles. The molecule has 0 bridgehead atoms. The molecule has 1 aliphatic rings. The highest BCUT2D eigenvalue weighted by atomic mass is 16.3. The van der Waals surface area contributed by atoms with Crippen LogP contribution in [0.2, 0.25) is 0 Å². The fourth-order valence-corrected chi connectivity index (χ4v) is 10.4. The number of fused-ring (bicyclic) bond motifs is 9. The zero-order valence-electron chi connectivity index (χ0n) is 35.8. The van der Waals surface area contributed by atoms with Gasteiger partial charge in [-0.3, -0.25) is 0 Å². The van der Waals surface area contributed by atoms with Gasteiger partial charge in [0.1, 0.15) is 11.2 Å². The van der Waals surface area contributed by atoms with Gasteiger partial charge in [-0.05, 0) is 105 Å². The van der Waals surface area contributed by atoms with Crippen LogP contribution in [0.1, 0.15) is 25.0 Å².